The Morgan fingerprint density at radius 1 is 1.27 bits per heavy atom. The second kappa shape index (κ2) is 29.2. The molecule has 0 heterocycles. The molecule has 6 heteroatoms. The molecule has 0 aromatic carbocycles. The van der Waals surface area contributed by atoms with E-state index in [1.807, 2.05) is 26.0 Å². The SMILES string of the molecule is CCOC(C)=O.CN(C)C.CO.ClCCl. The molecule has 4 nitrogen and oxygen atoms in total. The number of esters is 1. The number of halogens is 2. The van der Waals surface area contributed by atoms with Crippen LogP contribution in [0.15, 0.2) is 0 Å². The van der Waals surface area contributed by atoms with Crippen molar-refractivity contribution >= 4 is 29.2 Å². The number of carbonyl (C=O) groups is 1. The van der Waals surface area contributed by atoms with Gasteiger partial charge in [0.15, 0.2) is 0 Å². The third-order valence-corrected chi connectivity index (χ3v) is 0.348. The van der Waals surface area contributed by atoms with Crippen LogP contribution in [0.4, 0.5) is 0 Å². The van der Waals surface area contributed by atoms with Gasteiger partial charge in [0.1, 0.15) is 0 Å². The topological polar surface area (TPSA) is 49.8 Å². The van der Waals surface area contributed by atoms with Gasteiger partial charge < -0.3 is 14.7 Å². The summed E-state index contributed by atoms with van der Waals surface area (Å²) in [5.74, 6) is -0.211. The van der Waals surface area contributed by atoms with Crippen LogP contribution in [0.3, 0.4) is 0 Å². The van der Waals surface area contributed by atoms with E-state index in [-0.39, 0.29) is 11.3 Å². The number of aliphatic hydroxyl groups excluding tert-OH is 1. The number of nitrogens with zero attached hydrogens (tertiary/aromatic N) is 1. The molecule has 15 heavy (non-hydrogen) atoms. The molecule has 0 spiro atoms. The highest BCUT2D eigenvalue weighted by atomic mass is 35.5. The van der Waals surface area contributed by atoms with Crippen LogP contribution in [-0.4, -0.2) is 56.2 Å². The van der Waals surface area contributed by atoms with E-state index in [0.29, 0.717) is 6.61 Å². The highest BCUT2D eigenvalue weighted by Gasteiger charge is 1.81. The molecule has 1 N–H and O–H groups in total. The van der Waals surface area contributed by atoms with Gasteiger partial charge >= 0.3 is 5.97 Å². The van der Waals surface area contributed by atoms with Crippen LogP contribution in [0.1, 0.15) is 13.8 Å². The Bertz CT molecular complexity index is 101. The van der Waals surface area contributed by atoms with E-state index in [4.69, 9.17) is 28.3 Å². The smallest absolute Gasteiger partial charge is 0.302 e. The molecule has 0 fully saturated rings. The van der Waals surface area contributed by atoms with Gasteiger partial charge in [0, 0.05) is 14.0 Å². The van der Waals surface area contributed by atoms with Crippen molar-refractivity contribution in [1.82, 2.24) is 4.90 Å². The van der Waals surface area contributed by atoms with Crippen LogP contribution in [0, 0.1) is 0 Å². The lowest BCUT2D eigenvalue weighted by molar-refractivity contribution is -0.140. The fraction of sp³-hybridized carbons (Fsp3) is 0.889. The molecule has 0 unspecified atom stereocenters. The summed E-state index contributed by atoms with van der Waals surface area (Å²) < 4.78 is 4.40. The third kappa shape index (κ3) is 227. The van der Waals surface area contributed by atoms with Crippen molar-refractivity contribution in [2.24, 2.45) is 0 Å². The second-order valence-electron chi connectivity index (χ2n) is 2.37. The average molecular weight is 264 g/mol. The van der Waals surface area contributed by atoms with Crippen LogP contribution in [0.2, 0.25) is 0 Å². The van der Waals surface area contributed by atoms with E-state index in [9.17, 15) is 4.79 Å². The quantitative estimate of drug-likeness (QED) is 0.579. The number of rotatable bonds is 1. The fourth-order valence-corrected chi connectivity index (χ4v) is 0.203. The first-order chi connectivity index (χ1) is 6.92. The molecule has 0 aromatic rings. The zero-order valence-corrected chi connectivity index (χ0v) is 11.9. The zero-order valence-electron chi connectivity index (χ0n) is 10.4. The molecule has 0 saturated carbocycles. The minimum Gasteiger partial charge on any atom is -0.466 e. The maximum absolute atomic E-state index is 9.82. The van der Waals surface area contributed by atoms with Crippen molar-refractivity contribution < 1.29 is 14.6 Å². The number of alkyl halides is 2. The number of carbonyl (C=O) groups excluding carboxylic acids is 1. The van der Waals surface area contributed by atoms with Gasteiger partial charge in [-0.3, -0.25) is 4.79 Å². The van der Waals surface area contributed by atoms with Crippen molar-refractivity contribution in [2.75, 3.05) is 40.2 Å². The average Bonchev–Trinajstić information content (AvgIpc) is 2.07. The summed E-state index contributed by atoms with van der Waals surface area (Å²) in [5, 5.41) is 7.19. The van der Waals surface area contributed by atoms with Crippen LogP contribution in [-0.2, 0) is 9.53 Å². The minimum absolute atomic E-state index is 0.194. The van der Waals surface area contributed by atoms with Gasteiger partial charge in [0.25, 0.3) is 0 Å². The third-order valence-electron chi connectivity index (χ3n) is 0.348. The number of hydrogen-bond acceptors (Lipinski definition) is 4. The Hall–Kier alpha value is -0.0300. The lowest BCUT2D eigenvalue weighted by Gasteiger charge is -1.90. The van der Waals surface area contributed by atoms with Crippen molar-refractivity contribution in [2.45, 2.75) is 13.8 Å². The first-order valence-corrected chi connectivity index (χ1v) is 5.30. The Labute approximate surface area is 103 Å². The highest BCUT2D eigenvalue weighted by Crippen LogP contribution is 1.73. The molecule has 0 rings (SSSR count). The molecule has 0 atom stereocenters. The lowest BCUT2D eigenvalue weighted by atomic mass is 10.8. The van der Waals surface area contributed by atoms with E-state index in [1.165, 1.54) is 6.92 Å². The van der Waals surface area contributed by atoms with E-state index in [0.717, 1.165) is 7.11 Å². The summed E-state index contributed by atoms with van der Waals surface area (Å²) in [4.78, 5) is 11.8. The van der Waals surface area contributed by atoms with E-state index in [1.54, 1.807) is 6.92 Å². The first-order valence-electron chi connectivity index (χ1n) is 4.23. The Morgan fingerprint density at radius 3 is 1.47 bits per heavy atom. The summed E-state index contributed by atoms with van der Waals surface area (Å²) in [6.07, 6.45) is 0. The van der Waals surface area contributed by atoms with Gasteiger partial charge in [0.2, 0.25) is 0 Å². The van der Waals surface area contributed by atoms with Crippen LogP contribution in [0.5, 0.6) is 0 Å². The minimum atomic E-state index is -0.211. The molecule has 0 aliphatic rings. The molecule has 0 aliphatic heterocycles. The zero-order chi connectivity index (χ0) is 13.3. The Kier molecular flexibility index (Phi) is 47.3. The summed E-state index contributed by atoms with van der Waals surface area (Å²) >= 11 is 9.53. The predicted molar refractivity (Wildman–Crippen MR) is 66.6 cm³/mol. The van der Waals surface area contributed by atoms with Crippen LogP contribution < -0.4 is 0 Å². The molecule has 0 amide bonds. The van der Waals surface area contributed by atoms with E-state index >= 15 is 0 Å². The molecular formula is C9H23Cl2NO3. The molecule has 0 aliphatic carbocycles. The molecule has 0 bridgehead atoms. The van der Waals surface area contributed by atoms with Crippen molar-refractivity contribution in [3.63, 3.8) is 0 Å². The standard InChI is InChI=1S/C4H8O2.C3H9N.CH2Cl2.CH4O/c1-3-6-4(2)5;1-4(2)3;2-1-3;1-2/h3H2,1-2H3;1-3H3;1H2;2H,1H3. The first kappa shape index (κ1) is 24.3. The molecule has 96 valence electrons. The summed E-state index contributed by atoms with van der Waals surface area (Å²) in [5.41, 5.74) is 0. The largest absolute Gasteiger partial charge is 0.466 e. The molecule has 0 aromatic heterocycles. The Morgan fingerprint density at radius 2 is 1.47 bits per heavy atom. The summed E-state index contributed by atoms with van der Waals surface area (Å²) in [6, 6.07) is 0. The van der Waals surface area contributed by atoms with Crippen molar-refractivity contribution in [3.05, 3.63) is 0 Å². The monoisotopic (exact) mass is 263 g/mol. The van der Waals surface area contributed by atoms with E-state index in [2.05, 4.69) is 4.74 Å². The van der Waals surface area contributed by atoms with Crippen LogP contribution >= 0.6 is 23.2 Å². The van der Waals surface area contributed by atoms with E-state index < -0.39 is 0 Å². The lowest BCUT2D eigenvalue weighted by Crippen LogP contribution is -1.99. The van der Waals surface area contributed by atoms with Crippen molar-refractivity contribution in [1.29, 1.82) is 0 Å². The second-order valence-corrected chi connectivity index (χ2v) is 3.18. The maximum Gasteiger partial charge on any atom is 0.302 e. The van der Waals surface area contributed by atoms with Crippen LogP contribution in [0.25, 0.3) is 0 Å². The van der Waals surface area contributed by atoms with Crippen molar-refractivity contribution in [3.8, 4) is 0 Å². The highest BCUT2D eigenvalue weighted by molar-refractivity contribution is 6.40. The van der Waals surface area contributed by atoms with Gasteiger partial charge in [-0.2, -0.15) is 0 Å². The summed E-state index contributed by atoms with van der Waals surface area (Å²) in [7, 11) is 7.00. The van der Waals surface area contributed by atoms with Gasteiger partial charge in [-0.25, -0.2) is 0 Å². The molecule has 0 saturated heterocycles. The van der Waals surface area contributed by atoms with Gasteiger partial charge in [0.05, 0.1) is 11.9 Å². The van der Waals surface area contributed by atoms with Gasteiger partial charge in [-0.1, -0.05) is 0 Å². The maximum atomic E-state index is 9.82. The Balaban J connectivity index is -0.0000000590. The predicted octanol–water partition coefficient (Wildman–Crippen LogP) is 1.78. The number of aliphatic hydroxyl groups is 1. The van der Waals surface area contributed by atoms with Gasteiger partial charge in [-0.15, -0.1) is 23.2 Å². The van der Waals surface area contributed by atoms with Gasteiger partial charge in [-0.05, 0) is 28.1 Å². The number of hydrogen-bond donors (Lipinski definition) is 1. The molecule has 0 radical (unpaired) electrons. The normalized spacial score (nSPS) is 7.07. The molecular weight excluding hydrogens is 241 g/mol. The summed E-state index contributed by atoms with van der Waals surface area (Å²) in [6.45, 7) is 3.65. The fourth-order valence-electron chi connectivity index (χ4n) is 0.203. The number of ether oxygens (including phenoxy) is 1.